The SMILES string of the molecule is COc1ccc2ncc(Cl)c(C(F)CCC3CCN(CCSc4ccc(F)s4)CC3C(=O)O)c2c1. The van der Waals surface area contributed by atoms with Gasteiger partial charge in [-0.1, -0.05) is 22.9 Å². The molecule has 5 nitrogen and oxygen atoms in total. The van der Waals surface area contributed by atoms with Gasteiger partial charge in [-0.25, -0.2) is 4.39 Å². The molecule has 1 fully saturated rings. The molecule has 0 spiro atoms. The zero-order valence-corrected chi connectivity index (χ0v) is 21.6. The predicted molar refractivity (Wildman–Crippen MR) is 137 cm³/mol. The Morgan fingerprint density at radius 1 is 1.40 bits per heavy atom. The van der Waals surface area contributed by atoms with E-state index in [1.54, 1.807) is 43.1 Å². The van der Waals surface area contributed by atoms with Crippen molar-refractivity contribution in [1.29, 1.82) is 0 Å². The molecule has 3 aromatic rings. The fourth-order valence-corrected chi connectivity index (χ4v) is 6.84. The molecule has 3 unspecified atom stereocenters. The van der Waals surface area contributed by atoms with Crippen molar-refractivity contribution in [2.24, 2.45) is 11.8 Å². The van der Waals surface area contributed by atoms with Crippen LogP contribution in [0.2, 0.25) is 5.02 Å². The number of carboxylic acid groups (broad SMARTS) is 1. The molecule has 3 atom stereocenters. The van der Waals surface area contributed by atoms with Crippen LogP contribution in [-0.4, -0.2) is 53.5 Å². The van der Waals surface area contributed by atoms with Gasteiger partial charge in [0.15, 0.2) is 5.13 Å². The molecule has 188 valence electrons. The summed E-state index contributed by atoms with van der Waals surface area (Å²) in [5.74, 6) is -0.149. The fraction of sp³-hybridized carbons (Fsp3) is 0.440. The quantitative estimate of drug-likeness (QED) is 0.289. The molecule has 4 rings (SSSR count). The maximum Gasteiger partial charge on any atom is 0.308 e. The van der Waals surface area contributed by atoms with Crippen molar-refractivity contribution >= 4 is 51.6 Å². The highest BCUT2D eigenvalue weighted by Crippen LogP contribution is 2.38. The van der Waals surface area contributed by atoms with Crippen LogP contribution in [0.15, 0.2) is 40.7 Å². The van der Waals surface area contributed by atoms with Gasteiger partial charge >= 0.3 is 5.97 Å². The van der Waals surface area contributed by atoms with E-state index in [9.17, 15) is 14.3 Å². The number of pyridine rings is 1. The smallest absolute Gasteiger partial charge is 0.308 e. The number of rotatable bonds is 10. The highest BCUT2D eigenvalue weighted by atomic mass is 35.5. The van der Waals surface area contributed by atoms with Crippen LogP contribution in [0.25, 0.3) is 10.9 Å². The van der Waals surface area contributed by atoms with Crippen LogP contribution >= 0.6 is 34.7 Å². The van der Waals surface area contributed by atoms with Crippen LogP contribution in [-0.2, 0) is 4.79 Å². The van der Waals surface area contributed by atoms with Gasteiger partial charge in [-0.05, 0) is 62.1 Å². The Morgan fingerprint density at radius 2 is 2.23 bits per heavy atom. The third-order valence-electron chi connectivity index (χ3n) is 6.53. The second-order valence-corrected chi connectivity index (χ2v) is 11.5. The van der Waals surface area contributed by atoms with Crippen molar-refractivity contribution in [3.05, 3.63) is 52.2 Å². The van der Waals surface area contributed by atoms with Gasteiger partial charge in [0.05, 0.1) is 27.8 Å². The van der Waals surface area contributed by atoms with E-state index in [0.717, 1.165) is 34.4 Å². The largest absolute Gasteiger partial charge is 0.497 e. The zero-order valence-electron chi connectivity index (χ0n) is 19.3. The number of halogens is 3. The first-order valence-electron chi connectivity index (χ1n) is 11.4. The summed E-state index contributed by atoms with van der Waals surface area (Å²) in [6, 6.07) is 8.48. The van der Waals surface area contributed by atoms with Gasteiger partial charge < -0.3 is 14.7 Å². The number of piperidine rings is 1. The summed E-state index contributed by atoms with van der Waals surface area (Å²) in [6.45, 7) is 1.93. The monoisotopic (exact) mass is 540 g/mol. The summed E-state index contributed by atoms with van der Waals surface area (Å²) in [6.07, 6.45) is 1.46. The molecule has 1 aromatic carbocycles. The van der Waals surface area contributed by atoms with E-state index >= 15 is 4.39 Å². The molecule has 1 saturated heterocycles. The average Bonchev–Trinajstić information content (AvgIpc) is 3.27. The minimum absolute atomic E-state index is 0.109. The molecule has 3 heterocycles. The molecule has 1 aliphatic heterocycles. The lowest BCUT2D eigenvalue weighted by Gasteiger charge is -2.36. The summed E-state index contributed by atoms with van der Waals surface area (Å²) < 4.78 is 34.9. The second-order valence-electron chi connectivity index (χ2n) is 8.65. The van der Waals surface area contributed by atoms with Crippen molar-refractivity contribution in [1.82, 2.24) is 9.88 Å². The standard InChI is InChI=1S/C25H27ClF2N2O3S2/c1-33-16-3-5-21-17(12-16)24(19(26)13-29-21)20(27)4-2-15-8-9-30(14-18(15)25(31)32)10-11-34-23-7-6-22(28)35-23/h3,5-7,12-13,15,18,20H,2,4,8-11,14H2,1H3,(H,31,32). The van der Waals surface area contributed by atoms with Crippen molar-refractivity contribution in [3.8, 4) is 5.75 Å². The number of fused-ring (bicyclic) bond motifs is 1. The molecule has 1 N–H and O–H groups in total. The van der Waals surface area contributed by atoms with Gasteiger partial charge in [-0.15, -0.1) is 11.8 Å². The maximum absolute atomic E-state index is 15.5. The van der Waals surface area contributed by atoms with Crippen molar-refractivity contribution in [3.63, 3.8) is 0 Å². The van der Waals surface area contributed by atoms with Crippen LogP contribution in [0.5, 0.6) is 5.75 Å². The Morgan fingerprint density at radius 3 is 2.94 bits per heavy atom. The van der Waals surface area contributed by atoms with Crippen LogP contribution in [0.3, 0.4) is 0 Å². The van der Waals surface area contributed by atoms with Crippen LogP contribution in [0, 0.1) is 17.0 Å². The summed E-state index contributed by atoms with van der Waals surface area (Å²) in [4.78, 5) is 18.4. The highest BCUT2D eigenvalue weighted by molar-refractivity contribution is 8.01. The van der Waals surface area contributed by atoms with E-state index in [4.69, 9.17) is 16.3 Å². The maximum atomic E-state index is 15.5. The van der Waals surface area contributed by atoms with Crippen LogP contribution in [0.4, 0.5) is 8.78 Å². The Labute approximate surface area is 216 Å². The van der Waals surface area contributed by atoms with Gasteiger partial charge in [-0.3, -0.25) is 9.78 Å². The van der Waals surface area contributed by atoms with E-state index in [-0.39, 0.29) is 22.5 Å². The van der Waals surface area contributed by atoms with Crippen molar-refractivity contribution in [2.75, 3.05) is 32.5 Å². The average molecular weight is 541 g/mol. The number of ether oxygens (including phenoxy) is 1. The lowest BCUT2D eigenvalue weighted by atomic mass is 9.81. The summed E-state index contributed by atoms with van der Waals surface area (Å²) in [5, 5.41) is 10.5. The number of methoxy groups -OCH3 is 1. The Balaban J connectivity index is 1.37. The number of hydrogen-bond donors (Lipinski definition) is 1. The van der Waals surface area contributed by atoms with Crippen LogP contribution < -0.4 is 4.74 Å². The third-order valence-corrected chi connectivity index (χ3v) is 8.91. The number of carboxylic acids is 1. The molecule has 1 aliphatic rings. The number of thiophene rings is 1. The molecule has 0 radical (unpaired) electrons. The first-order valence-corrected chi connectivity index (χ1v) is 13.6. The second kappa shape index (κ2) is 11.9. The number of aliphatic carboxylic acids is 1. The molecule has 10 heteroatoms. The Hall–Kier alpha value is -1.94. The minimum atomic E-state index is -1.34. The van der Waals surface area contributed by atoms with E-state index in [2.05, 4.69) is 9.88 Å². The molecular weight excluding hydrogens is 514 g/mol. The number of aromatic nitrogens is 1. The van der Waals surface area contributed by atoms with Gasteiger partial charge in [0.2, 0.25) is 0 Å². The Kier molecular flexibility index (Phi) is 8.86. The lowest BCUT2D eigenvalue weighted by molar-refractivity contribution is -0.146. The van der Waals surface area contributed by atoms with E-state index in [1.807, 2.05) is 0 Å². The summed E-state index contributed by atoms with van der Waals surface area (Å²) >= 11 is 9.04. The Bertz CT molecular complexity index is 1180. The van der Waals surface area contributed by atoms with E-state index in [0.29, 0.717) is 41.6 Å². The fourth-order valence-electron chi connectivity index (χ4n) is 4.66. The molecule has 2 aromatic heterocycles. The zero-order chi connectivity index (χ0) is 24.9. The van der Waals surface area contributed by atoms with Gasteiger partial charge in [-0.2, -0.15) is 4.39 Å². The number of benzene rings is 1. The molecule has 0 aliphatic carbocycles. The summed E-state index contributed by atoms with van der Waals surface area (Å²) in [5.41, 5.74) is 1.01. The summed E-state index contributed by atoms with van der Waals surface area (Å²) in [7, 11) is 1.55. The highest BCUT2D eigenvalue weighted by Gasteiger charge is 2.34. The van der Waals surface area contributed by atoms with Gasteiger partial charge in [0, 0.05) is 36.0 Å². The van der Waals surface area contributed by atoms with Crippen molar-refractivity contribution < 1.29 is 23.4 Å². The minimum Gasteiger partial charge on any atom is -0.497 e. The molecule has 35 heavy (non-hydrogen) atoms. The number of thioether (sulfide) groups is 1. The number of alkyl halides is 1. The first-order chi connectivity index (χ1) is 16.9. The predicted octanol–water partition coefficient (Wildman–Crippen LogP) is 6.70. The molecule has 0 bridgehead atoms. The number of hydrogen-bond acceptors (Lipinski definition) is 6. The molecule has 0 amide bonds. The number of nitrogens with zero attached hydrogens (tertiary/aromatic N) is 2. The molecular formula is C25H27ClF2N2O3S2. The lowest BCUT2D eigenvalue weighted by Crippen LogP contribution is -2.44. The van der Waals surface area contributed by atoms with Gasteiger partial charge in [0.25, 0.3) is 0 Å². The third kappa shape index (κ3) is 6.44. The van der Waals surface area contributed by atoms with Gasteiger partial charge in [0.1, 0.15) is 11.9 Å². The number of likely N-dealkylation sites (tertiary alicyclic amines) is 1. The van der Waals surface area contributed by atoms with E-state index < -0.39 is 18.1 Å². The van der Waals surface area contributed by atoms with Crippen molar-refractivity contribution in [2.45, 2.75) is 29.6 Å². The van der Waals surface area contributed by atoms with Crippen LogP contribution in [0.1, 0.15) is 31.0 Å². The molecule has 0 saturated carbocycles. The van der Waals surface area contributed by atoms with E-state index in [1.165, 1.54) is 12.3 Å². The topological polar surface area (TPSA) is 62.7 Å². The normalized spacial score (nSPS) is 19.7. The number of carbonyl (C=O) groups is 1. The first kappa shape index (κ1) is 26.1.